The van der Waals surface area contributed by atoms with Crippen LogP contribution in [0.1, 0.15) is 0 Å². The van der Waals surface area contributed by atoms with Crippen LogP contribution in [-0.4, -0.2) is 14.1 Å². The molecular weight excluding hydrogens is 166 g/mol. The van der Waals surface area contributed by atoms with Crippen LogP contribution < -0.4 is 15.6 Å². The molecule has 1 rings (SSSR count). The number of rotatable bonds is 2. The maximum Gasteiger partial charge on any atom is 0.142 e. The average molecular weight is 180 g/mol. The second-order valence-electron chi connectivity index (χ2n) is 3.15. The number of nitrogens with two attached hydrogens (primary N) is 1. The van der Waals surface area contributed by atoms with Crippen molar-refractivity contribution in [3.63, 3.8) is 0 Å². The number of anilines is 1. The SMILES string of the molecule is CN([NH-])c1ccc([N+](C)([NH-])N)cc1. The number of quaternary nitrogens is 1. The van der Waals surface area contributed by atoms with Gasteiger partial charge in [-0.2, -0.15) is 5.84 Å². The Kier molecular flexibility index (Phi) is 2.53. The minimum absolute atomic E-state index is 0.442. The van der Waals surface area contributed by atoms with Gasteiger partial charge in [-0.05, 0) is 19.2 Å². The van der Waals surface area contributed by atoms with Crippen molar-refractivity contribution in [2.45, 2.75) is 0 Å². The van der Waals surface area contributed by atoms with Crippen LogP contribution in [0.4, 0.5) is 11.4 Å². The summed E-state index contributed by atoms with van der Waals surface area (Å²) in [7, 11) is 3.21. The molecule has 0 fully saturated rings. The van der Waals surface area contributed by atoms with Gasteiger partial charge in [0.05, 0.1) is 7.05 Å². The molecule has 0 spiro atoms. The lowest BCUT2D eigenvalue weighted by Gasteiger charge is -2.31. The third-order valence-electron chi connectivity index (χ3n) is 1.77. The maximum absolute atomic E-state index is 7.51. The number of nitrogens with one attached hydrogen (secondary N) is 2. The van der Waals surface area contributed by atoms with Gasteiger partial charge in [0.15, 0.2) is 0 Å². The highest BCUT2D eigenvalue weighted by Crippen LogP contribution is 2.21. The minimum atomic E-state index is -0.442. The number of benzene rings is 1. The zero-order chi connectivity index (χ0) is 10.1. The Hall–Kier alpha value is -1.14. The molecule has 0 radical (unpaired) electrons. The Morgan fingerprint density at radius 3 is 2.08 bits per heavy atom. The lowest BCUT2D eigenvalue weighted by atomic mass is 10.2. The Morgan fingerprint density at radius 1 is 1.31 bits per heavy atom. The molecule has 1 aromatic carbocycles. The van der Waals surface area contributed by atoms with E-state index < -0.39 is 4.70 Å². The van der Waals surface area contributed by atoms with Gasteiger partial charge in [-0.25, -0.2) is 0 Å². The summed E-state index contributed by atoms with van der Waals surface area (Å²) in [6, 6.07) is 7.02. The molecule has 0 saturated heterocycles. The van der Waals surface area contributed by atoms with E-state index in [1.807, 2.05) is 0 Å². The van der Waals surface area contributed by atoms with E-state index in [0.29, 0.717) is 5.69 Å². The summed E-state index contributed by atoms with van der Waals surface area (Å²) in [6.07, 6.45) is 0. The zero-order valence-electron chi connectivity index (χ0n) is 7.78. The fourth-order valence-corrected chi connectivity index (χ4v) is 0.986. The van der Waals surface area contributed by atoms with E-state index >= 15 is 0 Å². The van der Waals surface area contributed by atoms with E-state index in [0.717, 1.165) is 5.69 Å². The van der Waals surface area contributed by atoms with Crippen molar-refractivity contribution in [3.05, 3.63) is 36.0 Å². The monoisotopic (exact) mass is 180 g/mol. The van der Waals surface area contributed by atoms with Gasteiger partial charge < -0.3 is 16.7 Å². The molecule has 0 aromatic heterocycles. The Bertz CT molecular complexity index is 272. The van der Waals surface area contributed by atoms with Gasteiger partial charge in [-0.1, -0.05) is 0 Å². The molecular formula is C8H14N5-. The van der Waals surface area contributed by atoms with Gasteiger partial charge in [0.25, 0.3) is 0 Å². The van der Waals surface area contributed by atoms with Crippen molar-refractivity contribution in [2.75, 3.05) is 19.1 Å². The molecule has 5 nitrogen and oxygen atoms in total. The first-order valence-electron chi connectivity index (χ1n) is 3.87. The Morgan fingerprint density at radius 2 is 1.77 bits per heavy atom. The topological polar surface area (TPSA) is 76.9 Å². The van der Waals surface area contributed by atoms with E-state index in [2.05, 4.69) is 0 Å². The summed E-state index contributed by atoms with van der Waals surface area (Å²) in [4.78, 5) is 0. The van der Waals surface area contributed by atoms with Gasteiger partial charge in [0.2, 0.25) is 0 Å². The van der Waals surface area contributed by atoms with Crippen molar-refractivity contribution in [1.29, 1.82) is 0 Å². The van der Waals surface area contributed by atoms with E-state index in [1.54, 1.807) is 38.4 Å². The Labute approximate surface area is 77.8 Å². The van der Waals surface area contributed by atoms with Gasteiger partial charge in [-0.15, -0.1) is 0 Å². The van der Waals surface area contributed by atoms with Crippen LogP contribution in [0.25, 0.3) is 11.7 Å². The van der Waals surface area contributed by atoms with Crippen molar-refractivity contribution in [1.82, 2.24) is 4.70 Å². The summed E-state index contributed by atoms with van der Waals surface area (Å²) in [5.74, 6) is 20.3. The molecule has 5 heteroatoms. The molecule has 72 valence electrons. The van der Waals surface area contributed by atoms with Gasteiger partial charge in [0.1, 0.15) is 5.69 Å². The summed E-state index contributed by atoms with van der Waals surface area (Å²) in [6.45, 7) is 0. The third-order valence-corrected chi connectivity index (χ3v) is 1.77. The highest BCUT2D eigenvalue weighted by atomic mass is 15.7. The van der Waals surface area contributed by atoms with Crippen molar-refractivity contribution < 1.29 is 0 Å². The first kappa shape index (κ1) is 9.94. The fourth-order valence-electron chi connectivity index (χ4n) is 0.986. The molecule has 4 N–H and O–H groups in total. The van der Waals surface area contributed by atoms with Crippen LogP contribution in [0, 0.1) is 0 Å². The molecule has 13 heavy (non-hydrogen) atoms. The first-order chi connectivity index (χ1) is 5.91. The second-order valence-corrected chi connectivity index (χ2v) is 3.15. The van der Waals surface area contributed by atoms with E-state index in [-0.39, 0.29) is 0 Å². The van der Waals surface area contributed by atoms with Gasteiger partial charge in [0, 0.05) is 17.8 Å². The fraction of sp³-hybridized carbons (Fsp3) is 0.250. The molecule has 0 saturated carbocycles. The van der Waals surface area contributed by atoms with E-state index in [1.165, 1.54) is 5.01 Å². The first-order valence-corrected chi connectivity index (χ1v) is 3.87. The van der Waals surface area contributed by atoms with Crippen LogP contribution in [0.15, 0.2) is 24.3 Å². The van der Waals surface area contributed by atoms with E-state index in [4.69, 9.17) is 17.5 Å². The predicted molar refractivity (Wildman–Crippen MR) is 55.4 cm³/mol. The van der Waals surface area contributed by atoms with Crippen molar-refractivity contribution in [3.8, 4) is 0 Å². The molecule has 1 unspecified atom stereocenters. The standard InChI is InChI=1S/C8H14N5/c1-12(9)7-3-5-8(6-4-7)13(2,10)11/h3-6,9H,1-2H3,(H3,10,11)/q-1. The lowest BCUT2D eigenvalue weighted by Crippen LogP contribution is -2.43. The van der Waals surface area contributed by atoms with Crippen LogP contribution >= 0.6 is 0 Å². The second kappa shape index (κ2) is 3.31. The number of nitrogens with zero attached hydrogens (tertiary/aromatic N) is 2. The summed E-state index contributed by atoms with van der Waals surface area (Å²) < 4.78 is -0.442. The minimum Gasteiger partial charge on any atom is -0.584 e. The number of hydrogen-bond acceptors (Lipinski definition) is 2. The van der Waals surface area contributed by atoms with E-state index in [9.17, 15) is 0 Å². The number of hydrogen-bond donors (Lipinski definition) is 1. The Balaban J connectivity index is 2.94. The molecule has 1 aromatic rings. The van der Waals surface area contributed by atoms with Crippen LogP contribution in [-0.2, 0) is 0 Å². The molecule has 0 aliphatic carbocycles. The smallest absolute Gasteiger partial charge is 0.142 e. The van der Waals surface area contributed by atoms with Crippen LogP contribution in [0.3, 0.4) is 0 Å². The van der Waals surface area contributed by atoms with Crippen LogP contribution in [0.5, 0.6) is 0 Å². The van der Waals surface area contributed by atoms with Crippen molar-refractivity contribution in [2.24, 2.45) is 5.84 Å². The molecule has 0 bridgehead atoms. The largest absolute Gasteiger partial charge is 0.584 e. The van der Waals surface area contributed by atoms with Gasteiger partial charge >= 0.3 is 0 Å². The highest BCUT2D eigenvalue weighted by molar-refractivity contribution is 5.54. The average Bonchev–Trinajstić information content (AvgIpc) is 2.03. The van der Waals surface area contributed by atoms with Crippen LogP contribution in [0.2, 0.25) is 0 Å². The molecule has 0 aliphatic heterocycles. The predicted octanol–water partition coefficient (Wildman–Crippen LogP) is 1.87. The third kappa shape index (κ3) is 2.40. The maximum atomic E-state index is 7.51. The highest BCUT2D eigenvalue weighted by Gasteiger charge is 2.06. The van der Waals surface area contributed by atoms with Gasteiger partial charge in [-0.3, -0.25) is 4.70 Å². The molecule has 0 amide bonds. The summed E-state index contributed by atoms with van der Waals surface area (Å²) >= 11 is 0. The lowest BCUT2D eigenvalue weighted by molar-refractivity contribution is 0.470. The van der Waals surface area contributed by atoms with Crippen molar-refractivity contribution >= 4 is 11.4 Å². The molecule has 0 heterocycles. The molecule has 1 atom stereocenters. The summed E-state index contributed by atoms with van der Waals surface area (Å²) in [5, 5.41) is 1.26. The molecule has 0 aliphatic rings. The summed E-state index contributed by atoms with van der Waals surface area (Å²) in [5.41, 5.74) is 1.46. The zero-order valence-corrected chi connectivity index (χ0v) is 7.78. The normalized spacial score (nSPS) is 15.2. The quantitative estimate of drug-likeness (QED) is 0.428.